The summed E-state index contributed by atoms with van der Waals surface area (Å²) in [5.41, 5.74) is 2.02. The molecule has 0 fully saturated rings. The molecule has 2 rings (SSSR count). The first kappa shape index (κ1) is 19.2. The molecule has 26 heavy (non-hydrogen) atoms. The zero-order chi connectivity index (χ0) is 19.1. The fraction of sp³-hybridized carbons (Fsp3) is 0.250. The summed E-state index contributed by atoms with van der Waals surface area (Å²) in [5, 5.41) is 13.7. The van der Waals surface area contributed by atoms with E-state index in [0.717, 1.165) is 5.56 Å². The summed E-state index contributed by atoms with van der Waals surface area (Å²) >= 11 is 0. The summed E-state index contributed by atoms with van der Waals surface area (Å²) in [6, 6.07) is 12.2. The van der Waals surface area contributed by atoms with Crippen LogP contribution in [0.4, 0.5) is 11.4 Å². The number of hydrogen-bond acceptors (Lipinski definition) is 4. The highest BCUT2D eigenvalue weighted by Crippen LogP contribution is 2.29. The first-order valence-electron chi connectivity index (χ1n) is 8.41. The fourth-order valence-corrected chi connectivity index (χ4v) is 2.36. The van der Waals surface area contributed by atoms with Gasteiger partial charge in [0, 0.05) is 6.08 Å². The van der Waals surface area contributed by atoms with Gasteiger partial charge in [0.2, 0.25) is 5.91 Å². The maximum atomic E-state index is 12.1. The van der Waals surface area contributed by atoms with Gasteiger partial charge in [-0.05, 0) is 42.2 Å². The average Bonchev–Trinajstić information content (AvgIpc) is 2.61. The van der Waals surface area contributed by atoms with Crippen molar-refractivity contribution in [3.63, 3.8) is 0 Å². The van der Waals surface area contributed by atoms with Crippen LogP contribution in [0, 0.1) is 10.1 Å². The molecule has 0 radical (unpaired) electrons. The minimum absolute atomic E-state index is 0.128. The summed E-state index contributed by atoms with van der Waals surface area (Å²) in [6.07, 6.45) is 3.02. The summed E-state index contributed by atoms with van der Waals surface area (Å²) in [6.45, 7) is 6.42. The van der Waals surface area contributed by atoms with Gasteiger partial charge in [-0.3, -0.25) is 14.9 Å². The van der Waals surface area contributed by atoms with Gasteiger partial charge >= 0.3 is 0 Å². The lowest BCUT2D eigenvalue weighted by atomic mass is 10.0. The van der Waals surface area contributed by atoms with E-state index in [9.17, 15) is 14.9 Å². The third-order valence-corrected chi connectivity index (χ3v) is 3.77. The van der Waals surface area contributed by atoms with Crippen molar-refractivity contribution in [1.29, 1.82) is 0 Å². The van der Waals surface area contributed by atoms with Crippen molar-refractivity contribution in [2.75, 3.05) is 11.9 Å². The molecule has 0 aliphatic carbocycles. The number of benzene rings is 2. The number of nitro groups is 1. The zero-order valence-electron chi connectivity index (χ0n) is 15.1. The number of hydrogen-bond donors (Lipinski definition) is 1. The van der Waals surface area contributed by atoms with E-state index in [4.69, 9.17) is 4.74 Å². The molecule has 0 saturated carbocycles. The average molecular weight is 354 g/mol. The molecule has 0 aliphatic rings. The van der Waals surface area contributed by atoms with Gasteiger partial charge in [0.25, 0.3) is 5.69 Å². The molecule has 1 N–H and O–H groups in total. The van der Waals surface area contributed by atoms with Gasteiger partial charge < -0.3 is 10.1 Å². The van der Waals surface area contributed by atoms with Crippen LogP contribution in [0.2, 0.25) is 0 Å². The summed E-state index contributed by atoms with van der Waals surface area (Å²) in [5.74, 6) is 0.389. The Kier molecular flexibility index (Phi) is 6.49. The Labute approximate surface area is 152 Å². The second-order valence-corrected chi connectivity index (χ2v) is 6.01. The fourth-order valence-electron chi connectivity index (χ4n) is 2.36. The summed E-state index contributed by atoms with van der Waals surface area (Å²) in [7, 11) is 0. The molecule has 1 amide bonds. The normalized spacial score (nSPS) is 10.9. The van der Waals surface area contributed by atoms with Gasteiger partial charge in [-0.15, -0.1) is 0 Å². The molecule has 0 aromatic heterocycles. The first-order chi connectivity index (χ1) is 12.4. The van der Waals surface area contributed by atoms with E-state index < -0.39 is 10.8 Å². The maximum Gasteiger partial charge on any atom is 0.296 e. The lowest BCUT2D eigenvalue weighted by molar-refractivity contribution is -0.384. The number of rotatable bonds is 7. The highest BCUT2D eigenvalue weighted by molar-refractivity contribution is 6.03. The molecular formula is C20H22N2O4. The van der Waals surface area contributed by atoms with Crippen LogP contribution in [0.25, 0.3) is 6.08 Å². The minimum atomic E-state index is -0.549. The molecule has 0 unspecified atom stereocenters. The van der Waals surface area contributed by atoms with Crippen LogP contribution in [0.3, 0.4) is 0 Å². The summed E-state index contributed by atoms with van der Waals surface area (Å²) in [4.78, 5) is 22.8. The van der Waals surface area contributed by atoms with Crippen LogP contribution in [0.1, 0.15) is 37.8 Å². The van der Waals surface area contributed by atoms with E-state index in [2.05, 4.69) is 19.2 Å². The monoisotopic (exact) mass is 354 g/mol. The Morgan fingerprint density at radius 3 is 2.50 bits per heavy atom. The Balaban J connectivity index is 2.10. The molecular weight excluding hydrogens is 332 g/mol. The Hall–Kier alpha value is -3.15. The van der Waals surface area contributed by atoms with Gasteiger partial charge in [-0.2, -0.15) is 0 Å². The molecule has 136 valence electrons. The first-order valence-corrected chi connectivity index (χ1v) is 8.41. The highest BCUT2D eigenvalue weighted by Gasteiger charge is 2.16. The van der Waals surface area contributed by atoms with E-state index in [1.54, 1.807) is 19.1 Å². The van der Waals surface area contributed by atoms with Crippen molar-refractivity contribution in [1.82, 2.24) is 0 Å². The molecule has 0 atom stereocenters. The molecule has 0 bridgehead atoms. The number of ether oxygens (including phenoxy) is 1. The Bertz CT molecular complexity index is 811. The van der Waals surface area contributed by atoms with Crippen molar-refractivity contribution in [3.05, 3.63) is 69.8 Å². The lowest BCUT2D eigenvalue weighted by Crippen LogP contribution is -2.09. The Morgan fingerprint density at radius 1 is 1.23 bits per heavy atom. The van der Waals surface area contributed by atoms with Crippen molar-refractivity contribution in [2.24, 2.45) is 0 Å². The van der Waals surface area contributed by atoms with Crippen LogP contribution >= 0.6 is 0 Å². The van der Waals surface area contributed by atoms with Crippen molar-refractivity contribution < 1.29 is 14.5 Å². The second kappa shape index (κ2) is 8.80. The highest BCUT2D eigenvalue weighted by atomic mass is 16.6. The van der Waals surface area contributed by atoms with Crippen LogP contribution in [-0.4, -0.2) is 17.4 Å². The van der Waals surface area contributed by atoms with Gasteiger partial charge in [0.15, 0.2) is 0 Å². The molecule has 2 aromatic rings. The van der Waals surface area contributed by atoms with Gasteiger partial charge in [-0.1, -0.05) is 38.1 Å². The quantitative estimate of drug-likeness (QED) is 0.441. The molecule has 0 heterocycles. The molecule has 6 heteroatoms. The van der Waals surface area contributed by atoms with Crippen LogP contribution in [0.5, 0.6) is 5.75 Å². The van der Waals surface area contributed by atoms with Gasteiger partial charge in [0.1, 0.15) is 11.4 Å². The number of nitrogens with zero attached hydrogens (tertiary/aromatic N) is 1. The number of amides is 1. The number of anilines is 1. The molecule has 2 aromatic carbocycles. The zero-order valence-corrected chi connectivity index (χ0v) is 15.1. The van der Waals surface area contributed by atoms with Crippen LogP contribution < -0.4 is 10.1 Å². The van der Waals surface area contributed by atoms with Crippen LogP contribution in [0.15, 0.2) is 48.5 Å². The van der Waals surface area contributed by atoms with Crippen LogP contribution in [-0.2, 0) is 4.79 Å². The van der Waals surface area contributed by atoms with Crippen molar-refractivity contribution in [2.45, 2.75) is 26.7 Å². The third-order valence-electron chi connectivity index (χ3n) is 3.77. The van der Waals surface area contributed by atoms with E-state index in [1.165, 1.54) is 23.8 Å². The predicted octanol–water partition coefficient (Wildman–Crippen LogP) is 4.77. The lowest BCUT2D eigenvalue weighted by Gasteiger charge is -2.07. The SMILES string of the molecule is CCOc1ccc(NC(=O)/C=C/c2ccc(C(C)C)cc2)c([N+](=O)[O-])c1. The largest absolute Gasteiger partial charge is 0.494 e. The van der Waals surface area contributed by atoms with Gasteiger partial charge in [0.05, 0.1) is 17.6 Å². The number of nitro benzene ring substituents is 1. The van der Waals surface area contributed by atoms with E-state index >= 15 is 0 Å². The molecule has 0 spiro atoms. The van der Waals surface area contributed by atoms with Crippen molar-refractivity contribution >= 4 is 23.4 Å². The van der Waals surface area contributed by atoms with Crippen molar-refractivity contribution in [3.8, 4) is 5.75 Å². The third kappa shape index (κ3) is 5.17. The molecule has 6 nitrogen and oxygen atoms in total. The molecule has 0 aliphatic heterocycles. The number of nitrogens with one attached hydrogen (secondary N) is 1. The minimum Gasteiger partial charge on any atom is -0.494 e. The van der Waals surface area contributed by atoms with Gasteiger partial charge in [-0.25, -0.2) is 0 Å². The predicted molar refractivity (Wildman–Crippen MR) is 102 cm³/mol. The Morgan fingerprint density at radius 2 is 1.92 bits per heavy atom. The topological polar surface area (TPSA) is 81.5 Å². The molecule has 0 saturated heterocycles. The smallest absolute Gasteiger partial charge is 0.296 e. The van der Waals surface area contributed by atoms with E-state index in [-0.39, 0.29) is 11.4 Å². The second-order valence-electron chi connectivity index (χ2n) is 6.01. The number of carbonyl (C=O) groups is 1. The van der Waals surface area contributed by atoms with E-state index in [1.807, 2.05) is 24.3 Å². The number of carbonyl (C=O) groups excluding carboxylic acids is 1. The van der Waals surface area contributed by atoms with E-state index in [0.29, 0.717) is 18.3 Å². The maximum absolute atomic E-state index is 12.1. The standard InChI is InChI=1S/C20H22N2O4/c1-4-26-17-10-11-18(19(13-17)22(24)25)21-20(23)12-7-15-5-8-16(9-6-15)14(2)3/h5-14H,4H2,1-3H3,(H,21,23)/b12-7+. The summed E-state index contributed by atoms with van der Waals surface area (Å²) < 4.78 is 5.26.